The predicted molar refractivity (Wildman–Crippen MR) is 38.8 cm³/mol. The summed E-state index contributed by atoms with van der Waals surface area (Å²) in [4.78, 5) is 0. The number of alkyl halides is 1. The first-order chi connectivity index (χ1) is 4.66. The summed E-state index contributed by atoms with van der Waals surface area (Å²) in [6.07, 6.45) is 3.56. The maximum absolute atomic E-state index is 8.74. The van der Waals surface area contributed by atoms with E-state index in [0.29, 0.717) is 0 Å². The molecular weight excluding hydrogens is 156 g/mol. The van der Waals surface area contributed by atoms with Gasteiger partial charge < -0.3 is 15.3 Å². The quantitative estimate of drug-likeness (QED) is 0.324. The van der Waals surface area contributed by atoms with Crippen LogP contribution >= 0.6 is 11.6 Å². The summed E-state index contributed by atoms with van der Waals surface area (Å²) in [5, 5.41) is 25.4. The summed E-state index contributed by atoms with van der Waals surface area (Å²) < 4.78 is 0. The lowest BCUT2D eigenvalue weighted by atomic mass is 10.4. The van der Waals surface area contributed by atoms with Gasteiger partial charge in [-0.2, -0.15) is 0 Å². The van der Waals surface area contributed by atoms with Crippen molar-refractivity contribution in [3.05, 3.63) is 24.0 Å². The summed E-state index contributed by atoms with van der Waals surface area (Å²) >= 11 is 5.09. The summed E-state index contributed by atoms with van der Waals surface area (Å²) in [6, 6.07) is 0. The van der Waals surface area contributed by atoms with Gasteiger partial charge in [0.15, 0.2) is 0 Å². The average Bonchev–Trinajstić information content (AvgIpc) is 1.85. The van der Waals surface area contributed by atoms with Gasteiger partial charge in [-0.05, 0) is 18.2 Å². The number of allylic oxidation sites excluding steroid dienone is 1. The molecule has 0 spiro atoms. The lowest BCUT2D eigenvalue weighted by molar-refractivity contribution is 0.302. The number of aliphatic hydroxyl groups is 3. The van der Waals surface area contributed by atoms with E-state index in [-0.39, 0.29) is 12.4 Å². The smallest absolute Gasteiger partial charge is 0.147 e. The van der Waals surface area contributed by atoms with E-state index >= 15 is 0 Å². The van der Waals surface area contributed by atoms with Crippen LogP contribution in [-0.4, -0.2) is 27.5 Å². The molecule has 0 rings (SSSR count). The first-order valence-electron chi connectivity index (χ1n) is 2.67. The standard InChI is InChI=1S/C6H9ClO3/c7-6(10)2-1-5(9)3-4-8/h1-3,6,8-10H,4H2/b2-1-,5-3+. The molecule has 0 aliphatic rings. The van der Waals surface area contributed by atoms with Crippen molar-refractivity contribution in [2.45, 2.75) is 5.56 Å². The van der Waals surface area contributed by atoms with E-state index in [0.717, 1.165) is 0 Å². The highest BCUT2D eigenvalue weighted by Gasteiger charge is 1.88. The highest BCUT2D eigenvalue weighted by atomic mass is 35.5. The Morgan fingerprint density at radius 3 is 2.60 bits per heavy atom. The molecule has 0 heterocycles. The van der Waals surface area contributed by atoms with Crippen molar-refractivity contribution in [3.8, 4) is 0 Å². The second-order valence-electron chi connectivity index (χ2n) is 1.54. The number of hydrogen-bond acceptors (Lipinski definition) is 3. The average molecular weight is 165 g/mol. The van der Waals surface area contributed by atoms with Gasteiger partial charge in [-0.1, -0.05) is 11.6 Å². The van der Waals surface area contributed by atoms with Crippen LogP contribution in [0, 0.1) is 0 Å². The van der Waals surface area contributed by atoms with Crippen LogP contribution in [0.2, 0.25) is 0 Å². The molecule has 0 aliphatic carbocycles. The maximum Gasteiger partial charge on any atom is 0.147 e. The largest absolute Gasteiger partial charge is 0.508 e. The lowest BCUT2D eigenvalue weighted by Crippen LogP contribution is -1.88. The third-order valence-electron chi connectivity index (χ3n) is 0.726. The van der Waals surface area contributed by atoms with Gasteiger partial charge in [0.05, 0.1) is 6.61 Å². The molecule has 1 unspecified atom stereocenters. The van der Waals surface area contributed by atoms with Crippen LogP contribution < -0.4 is 0 Å². The molecule has 0 aromatic heterocycles. The van der Waals surface area contributed by atoms with Crippen LogP contribution in [0.3, 0.4) is 0 Å². The Hall–Kier alpha value is -0.510. The Labute approximate surface area is 63.9 Å². The molecule has 0 saturated heterocycles. The van der Waals surface area contributed by atoms with Gasteiger partial charge >= 0.3 is 0 Å². The minimum Gasteiger partial charge on any atom is -0.508 e. The number of halogens is 1. The summed E-state index contributed by atoms with van der Waals surface area (Å²) in [5.74, 6) is -0.123. The van der Waals surface area contributed by atoms with Crippen molar-refractivity contribution < 1.29 is 15.3 Å². The molecule has 0 fully saturated rings. The first kappa shape index (κ1) is 9.49. The fraction of sp³-hybridized carbons (Fsp3) is 0.333. The van der Waals surface area contributed by atoms with Crippen molar-refractivity contribution in [2.24, 2.45) is 0 Å². The minimum absolute atomic E-state index is 0.123. The molecule has 58 valence electrons. The summed E-state index contributed by atoms with van der Waals surface area (Å²) in [5.41, 5.74) is -1.10. The fourth-order valence-corrected chi connectivity index (χ4v) is 0.412. The van der Waals surface area contributed by atoms with E-state index in [1.807, 2.05) is 0 Å². The molecule has 0 aromatic carbocycles. The molecule has 1 atom stereocenters. The SMILES string of the molecule is OC/C=C(O)\C=C/C(O)Cl. The molecule has 0 aliphatic heterocycles. The van der Waals surface area contributed by atoms with Crippen molar-refractivity contribution in [3.63, 3.8) is 0 Å². The normalized spacial score (nSPS) is 16.1. The van der Waals surface area contributed by atoms with Crippen LogP contribution in [0.1, 0.15) is 0 Å². The van der Waals surface area contributed by atoms with E-state index in [1.165, 1.54) is 18.2 Å². The van der Waals surface area contributed by atoms with Gasteiger partial charge in [-0.3, -0.25) is 0 Å². The minimum atomic E-state index is -1.10. The van der Waals surface area contributed by atoms with E-state index in [1.54, 1.807) is 0 Å². The predicted octanol–water partition coefficient (Wildman–Crippen LogP) is 0.534. The molecule has 0 aromatic rings. The van der Waals surface area contributed by atoms with Crippen LogP contribution in [-0.2, 0) is 0 Å². The zero-order chi connectivity index (χ0) is 7.98. The van der Waals surface area contributed by atoms with E-state index < -0.39 is 5.56 Å². The van der Waals surface area contributed by atoms with E-state index in [4.69, 9.17) is 26.9 Å². The maximum atomic E-state index is 8.74. The Kier molecular flexibility index (Phi) is 5.02. The molecule has 3 nitrogen and oxygen atoms in total. The zero-order valence-electron chi connectivity index (χ0n) is 5.24. The van der Waals surface area contributed by atoms with Crippen LogP contribution in [0.4, 0.5) is 0 Å². The third kappa shape index (κ3) is 5.62. The van der Waals surface area contributed by atoms with Crippen molar-refractivity contribution >= 4 is 11.6 Å². The van der Waals surface area contributed by atoms with Gasteiger partial charge in [0.25, 0.3) is 0 Å². The summed E-state index contributed by atoms with van der Waals surface area (Å²) in [7, 11) is 0. The zero-order valence-corrected chi connectivity index (χ0v) is 5.99. The van der Waals surface area contributed by atoms with Crippen LogP contribution in [0.25, 0.3) is 0 Å². The summed E-state index contributed by atoms with van der Waals surface area (Å²) in [6.45, 7) is -0.242. The topological polar surface area (TPSA) is 60.7 Å². The van der Waals surface area contributed by atoms with Crippen molar-refractivity contribution in [1.29, 1.82) is 0 Å². The molecule has 10 heavy (non-hydrogen) atoms. The monoisotopic (exact) mass is 164 g/mol. The Morgan fingerprint density at radius 1 is 1.60 bits per heavy atom. The van der Waals surface area contributed by atoms with Crippen molar-refractivity contribution in [1.82, 2.24) is 0 Å². The van der Waals surface area contributed by atoms with Gasteiger partial charge in [0.1, 0.15) is 11.3 Å². The molecule has 3 N–H and O–H groups in total. The Bertz CT molecular complexity index is 140. The fourth-order valence-electron chi connectivity index (χ4n) is 0.340. The Morgan fingerprint density at radius 2 is 2.20 bits per heavy atom. The highest BCUT2D eigenvalue weighted by molar-refractivity contribution is 6.20. The molecule has 4 heteroatoms. The van der Waals surface area contributed by atoms with Gasteiger partial charge in [-0.25, -0.2) is 0 Å². The second-order valence-corrected chi connectivity index (χ2v) is 1.99. The van der Waals surface area contributed by atoms with E-state index in [9.17, 15) is 0 Å². The third-order valence-corrected chi connectivity index (χ3v) is 0.872. The molecule has 0 amide bonds. The second kappa shape index (κ2) is 5.29. The molecule has 0 radical (unpaired) electrons. The molecule has 0 saturated carbocycles. The molecular formula is C6H9ClO3. The van der Waals surface area contributed by atoms with Crippen LogP contribution in [0.15, 0.2) is 24.0 Å². The van der Waals surface area contributed by atoms with Gasteiger partial charge in [0, 0.05) is 0 Å². The molecule has 0 bridgehead atoms. The number of rotatable bonds is 3. The number of aliphatic hydroxyl groups excluding tert-OH is 3. The van der Waals surface area contributed by atoms with Gasteiger partial charge in [0.2, 0.25) is 0 Å². The van der Waals surface area contributed by atoms with Gasteiger partial charge in [-0.15, -0.1) is 0 Å². The lowest BCUT2D eigenvalue weighted by Gasteiger charge is -1.91. The first-order valence-corrected chi connectivity index (χ1v) is 3.10. The Balaban J connectivity index is 3.77. The van der Waals surface area contributed by atoms with Crippen LogP contribution in [0.5, 0.6) is 0 Å². The van der Waals surface area contributed by atoms with E-state index in [2.05, 4.69) is 0 Å². The number of hydrogen-bond donors (Lipinski definition) is 3. The highest BCUT2D eigenvalue weighted by Crippen LogP contribution is 1.95. The van der Waals surface area contributed by atoms with Crippen molar-refractivity contribution in [2.75, 3.05) is 6.61 Å².